The molecule has 2 aliphatic heterocycles. The van der Waals surface area contributed by atoms with E-state index in [0.29, 0.717) is 44.2 Å². The van der Waals surface area contributed by atoms with Crippen molar-refractivity contribution in [1.82, 2.24) is 9.80 Å². The summed E-state index contributed by atoms with van der Waals surface area (Å²) in [5.41, 5.74) is 2.20. The summed E-state index contributed by atoms with van der Waals surface area (Å²) in [7, 11) is 0. The highest BCUT2D eigenvalue weighted by Gasteiger charge is 2.31. The van der Waals surface area contributed by atoms with Gasteiger partial charge < -0.3 is 25.2 Å². The van der Waals surface area contributed by atoms with E-state index in [2.05, 4.69) is 10.6 Å². The zero-order chi connectivity index (χ0) is 19.4. The fourth-order valence-electron chi connectivity index (χ4n) is 3.34. The van der Waals surface area contributed by atoms with Crippen LogP contribution >= 0.6 is 0 Å². The summed E-state index contributed by atoms with van der Waals surface area (Å²) < 4.78 is 5.46. The molecule has 2 aliphatic rings. The zero-order valence-electron chi connectivity index (χ0n) is 15.8. The van der Waals surface area contributed by atoms with Crippen LogP contribution in [-0.2, 0) is 14.3 Å². The summed E-state index contributed by atoms with van der Waals surface area (Å²) in [5, 5.41) is 5.61. The molecule has 146 valence electrons. The third-order valence-corrected chi connectivity index (χ3v) is 4.88. The Hall–Kier alpha value is -2.61. The van der Waals surface area contributed by atoms with Gasteiger partial charge >= 0.3 is 6.03 Å². The number of rotatable bonds is 3. The molecule has 0 bridgehead atoms. The summed E-state index contributed by atoms with van der Waals surface area (Å²) in [4.78, 5) is 39.7. The predicted molar refractivity (Wildman–Crippen MR) is 102 cm³/mol. The fraction of sp³-hybridized carbons (Fsp3) is 0.526. The largest absolute Gasteiger partial charge is 0.368 e. The zero-order valence-corrected chi connectivity index (χ0v) is 15.8. The van der Waals surface area contributed by atoms with Crippen LogP contribution < -0.4 is 10.6 Å². The molecule has 0 radical (unpaired) electrons. The molecule has 27 heavy (non-hydrogen) atoms. The van der Waals surface area contributed by atoms with Crippen molar-refractivity contribution in [2.24, 2.45) is 0 Å². The smallest absolute Gasteiger partial charge is 0.321 e. The van der Waals surface area contributed by atoms with Gasteiger partial charge in [-0.3, -0.25) is 9.59 Å². The Morgan fingerprint density at radius 3 is 2.41 bits per heavy atom. The second-order valence-corrected chi connectivity index (χ2v) is 6.96. The molecule has 0 aromatic heterocycles. The fourth-order valence-corrected chi connectivity index (χ4v) is 3.34. The average molecular weight is 374 g/mol. The number of hydrogen-bond acceptors (Lipinski definition) is 4. The van der Waals surface area contributed by atoms with Gasteiger partial charge in [0.15, 0.2) is 0 Å². The van der Waals surface area contributed by atoms with Crippen LogP contribution in [0.15, 0.2) is 18.2 Å². The lowest BCUT2D eigenvalue weighted by atomic mass is 10.1. The number of hydrogen-bond donors (Lipinski definition) is 2. The molecule has 3 rings (SSSR count). The molecule has 8 nitrogen and oxygen atoms in total. The Kier molecular flexibility index (Phi) is 5.95. The molecule has 2 saturated heterocycles. The van der Waals surface area contributed by atoms with Crippen molar-refractivity contribution in [3.05, 3.63) is 23.8 Å². The maximum absolute atomic E-state index is 12.6. The monoisotopic (exact) mass is 374 g/mol. The van der Waals surface area contributed by atoms with Crippen LogP contribution in [-0.4, -0.2) is 66.5 Å². The van der Waals surface area contributed by atoms with E-state index in [-0.39, 0.29) is 23.9 Å². The van der Waals surface area contributed by atoms with Gasteiger partial charge in [0.2, 0.25) is 5.91 Å². The van der Waals surface area contributed by atoms with E-state index in [1.165, 1.54) is 6.92 Å². The second kappa shape index (κ2) is 8.39. The standard InChI is InChI=1S/C19H26N4O4/c1-13-5-6-15(20-14(2)24)12-16(13)21-19(26)23-9-7-22(8-10-23)18(25)17-4-3-11-27-17/h5-6,12,17H,3-4,7-11H2,1-2H3,(H,20,24)(H,21,26). The first-order chi connectivity index (χ1) is 12.9. The van der Waals surface area contributed by atoms with Crippen molar-refractivity contribution in [1.29, 1.82) is 0 Å². The SMILES string of the molecule is CC(=O)Nc1ccc(C)c(NC(=O)N2CCN(C(=O)C3CCCO3)CC2)c1. The number of amides is 4. The average Bonchev–Trinajstić information content (AvgIpc) is 3.18. The lowest BCUT2D eigenvalue weighted by Crippen LogP contribution is -2.53. The van der Waals surface area contributed by atoms with Crippen LogP contribution in [0.1, 0.15) is 25.3 Å². The van der Waals surface area contributed by atoms with Crippen LogP contribution in [0.2, 0.25) is 0 Å². The van der Waals surface area contributed by atoms with Crippen molar-refractivity contribution in [2.45, 2.75) is 32.8 Å². The van der Waals surface area contributed by atoms with E-state index in [4.69, 9.17) is 4.74 Å². The number of carbonyl (C=O) groups excluding carboxylic acids is 3. The minimum atomic E-state index is -0.315. The van der Waals surface area contributed by atoms with Crippen LogP contribution in [0.25, 0.3) is 0 Å². The van der Waals surface area contributed by atoms with E-state index in [0.717, 1.165) is 18.4 Å². The Morgan fingerprint density at radius 2 is 1.78 bits per heavy atom. The van der Waals surface area contributed by atoms with Gasteiger partial charge in [0, 0.05) is 51.1 Å². The molecule has 1 aromatic rings. The second-order valence-electron chi connectivity index (χ2n) is 6.96. The van der Waals surface area contributed by atoms with Gasteiger partial charge in [-0.1, -0.05) is 6.07 Å². The van der Waals surface area contributed by atoms with Crippen molar-refractivity contribution in [3.8, 4) is 0 Å². The Bertz CT molecular complexity index is 722. The van der Waals surface area contributed by atoms with Crippen LogP contribution in [0.4, 0.5) is 16.2 Å². The molecule has 2 N–H and O–H groups in total. The summed E-state index contributed by atoms with van der Waals surface area (Å²) >= 11 is 0. The van der Waals surface area contributed by atoms with Gasteiger partial charge in [-0.15, -0.1) is 0 Å². The molecule has 8 heteroatoms. The molecule has 2 heterocycles. The number of nitrogens with one attached hydrogen (secondary N) is 2. The molecule has 0 spiro atoms. The Morgan fingerprint density at radius 1 is 1.07 bits per heavy atom. The van der Waals surface area contributed by atoms with Crippen LogP contribution in [0, 0.1) is 6.92 Å². The molecule has 0 saturated carbocycles. The topological polar surface area (TPSA) is 91.0 Å². The first kappa shape index (κ1) is 19.2. The Balaban J connectivity index is 1.55. The highest BCUT2D eigenvalue weighted by molar-refractivity contribution is 5.93. The summed E-state index contributed by atoms with van der Waals surface area (Å²) in [6.45, 7) is 5.97. The maximum atomic E-state index is 12.6. The number of piperazine rings is 1. The quantitative estimate of drug-likeness (QED) is 0.844. The third kappa shape index (κ3) is 4.77. The minimum absolute atomic E-state index is 0.0337. The first-order valence-corrected chi connectivity index (χ1v) is 9.28. The molecule has 1 unspecified atom stereocenters. The molecular weight excluding hydrogens is 348 g/mol. The molecule has 1 atom stereocenters. The van der Waals surface area contributed by atoms with Crippen LogP contribution in [0.5, 0.6) is 0 Å². The van der Waals surface area contributed by atoms with Gasteiger partial charge in [0.1, 0.15) is 6.10 Å². The number of urea groups is 1. The third-order valence-electron chi connectivity index (χ3n) is 4.88. The summed E-state index contributed by atoms with van der Waals surface area (Å²) in [5.74, 6) is -0.130. The number of benzene rings is 1. The number of anilines is 2. The van der Waals surface area contributed by atoms with E-state index in [1.54, 1.807) is 21.9 Å². The molecule has 2 fully saturated rings. The van der Waals surface area contributed by atoms with Crippen LogP contribution in [0.3, 0.4) is 0 Å². The van der Waals surface area contributed by atoms with E-state index in [9.17, 15) is 14.4 Å². The molecular formula is C19H26N4O4. The highest BCUT2D eigenvalue weighted by atomic mass is 16.5. The van der Waals surface area contributed by atoms with Gasteiger partial charge in [-0.05, 0) is 37.5 Å². The minimum Gasteiger partial charge on any atom is -0.368 e. The van der Waals surface area contributed by atoms with Gasteiger partial charge in [-0.25, -0.2) is 4.79 Å². The number of aryl methyl sites for hydroxylation is 1. The molecule has 1 aromatic carbocycles. The van der Waals surface area contributed by atoms with E-state index < -0.39 is 0 Å². The first-order valence-electron chi connectivity index (χ1n) is 9.28. The maximum Gasteiger partial charge on any atom is 0.321 e. The van der Waals surface area contributed by atoms with Crippen molar-refractivity contribution in [3.63, 3.8) is 0 Å². The van der Waals surface area contributed by atoms with Gasteiger partial charge in [0.05, 0.1) is 0 Å². The van der Waals surface area contributed by atoms with E-state index >= 15 is 0 Å². The predicted octanol–water partition coefficient (Wildman–Crippen LogP) is 1.81. The lowest BCUT2D eigenvalue weighted by Gasteiger charge is -2.35. The number of ether oxygens (including phenoxy) is 1. The Labute approximate surface area is 158 Å². The summed E-state index contributed by atoms with van der Waals surface area (Å²) in [6, 6.07) is 5.18. The van der Waals surface area contributed by atoms with Gasteiger partial charge in [0.25, 0.3) is 5.91 Å². The highest BCUT2D eigenvalue weighted by Crippen LogP contribution is 2.21. The summed E-state index contributed by atoms with van der Waals surface area (Å²) in [6.07, 6.45) is 1.39. The van der Waals surface area contributed by atoms with Crippen molar-refractivity contribution < 1.29 is 19.1 Å². The normalized spacial score (nSPS) is 19.7. The lowest BCUT2D eigenvalue weighted by molar-refractivity contribution is -0.142. The van der Waals surface area contributed by atoms with Crippen molar-refractivity contribution in [2.75, 3.05) is 43.4 Å². The molecule has 0 aliphatic carbocycles. The van der Waals surface area contributed by atoms with Crippen molar-refractivity contribution >= 4 is 29.2 Å². The molecule has 4 amide bonds. The number of nitrogens with zero attached hydrogens (tertiary/aromatic N) is 2. The van der Waals surface area contributed by atoms with Gasteiger partial charge in [-0.2, -0.15) is 0 Å². The van der Waals surface area contributed by atoms with E-state index in [1.807, 2.05) is 13.0 Å². The number of carbonyl (C=O) groups is 3.